The normalized spacial score (nSPS) is 14.0. The van der Waals surface area contributed by atoms with E-state index in [1.165, 1.54) is 0 Å². The SMILES string of the molecule is CC.Cn1cc(-c2ccc(Cn3cc(C(=O)NC4CCOCC4)c4ncccc43)cn2)cn1. The van der Waals surface area contributed by atoms with Crippen molar-refractivity contribution in [3.05, 3.63) is 66.4 Å². The van der Waals surface area contributed by atoms with Crippen LogP contribution in [0, 0.1) is 0 Å². The average Bonchev–Trinajstić information content (AvgIpc) is 3.46. The molecule has 1 fully saturated rings. The van der Waals surface area contributed by atoms with Gasteiger partial charge >= 0.3 is 0 Å². The number of aryl methyl sites for hydroxylation is 1. The number of fused-ring (bicyclic) bond motifs is 1. The molecule has 0 spiro atoms. The quantitative estimate of drug-likeness (QED) is 0.504. The fraction of sp³-hybridized carbons (Fsp3) is 0.360. The fourth-order valence-electron chi connectivity index (χ4n) is 3.96. The third-order valence-electron chi connectivity index (χ3n) is 5.62. The first-order valence-corrected chi connectivity index (χ1v) is 11.4. The van der Waals surface area contributed by atoms with E-state index in [1.54, 1.807) is 17.1 Å². The van der Waals surface area contributed by atoms with Crippen molar-refractivity contribution in [2.45, 2.75) is 39.3 Å². The van der Waals surface area contributed by atoms with Crippen LogP contribution in [0.5, 0.6) is 0 Å². The lowest BCUT2D eigenvalue weighted by atomic mass is 10.1. The van der Waals surface area contributed by atoms with Crippen LogP contribution in [-0.2, 0) is 18.3 Å². The molecule has 0 bridgehead atoms. The monoisotopic (exact) mass is 446 g/mol. The van der Waals surface area contributed by atoms with Crippen LogP contribution in [0.1, 0.15) is 42.6 Å². The van der Waals surface area contributed by atoms with Gasteiger partial charge in [-0.1, -0.05) is 19.9 Å². The topological polar surface area (TPSA) is 86.9 Å². The number of nitrogens with zero attached hydrogens (tertiary/aromatic N) is 5. The van der Waals surface area contributed by atoms with Crippen molar-refractivity contribution in [2.24, 2.45) is 7.05 Å². The van der Waals surface area contributed by atoms with Crippen molar-refractivity contribution < 1.29 is 9.53 Å². The Morgan fingerprint density at radius 1 is 1.12 bits per heavy atom. The van der Waals surface area contributed by atoms with Gasteiger partial charge in [0.2, 0.25) is 0 Å². The molecule has 0 radical (unpaired) electrons. The predicted octanol–water partition coefficient (Wildman–Crippen LogP) is 3.82. The molecule has 0 aliphatic carbocycles. The van der Waals surface area contributed by atoms with Crippen LogP contribution in [0.3, 0.4) is 0 Å². The lowest BCUT2D eigenvalue weighted by Crippen LogP contribution is -2.38. The zero-order valence-corrected chi connectivity index (χ0v) is 19.4. The molecule has 0 saturated carbocycles. The summed E-state index contributed by atoms with van der Waals surface area (Å²) in [4.78, 5) is 22.0. The smallest absolute Gasteiger partial charge is 0.255 e. The Hall–Kier alpha value is -3.52. The van der Waals surface area contributed by atoms with E-state index in [0.717, 1.165) is 35.2 Å². The molecule has 172 valence electrons. The summed E-state index contributed by atoms with van der Waals surface area (Å²) in [6.07, 6.45) is 10.9. The Kier molecular flexibility index (Phi) is 7.14. The molecule has 33 heavy (non-hydrogen) atoms. The summed E-state index contributed by atoms with van der Waals surface area (Å²) in [5, 5.41) is 7.34. The van der Waals surface area contributed by atoms with E-state index in [2.05, 4.69) is 31.0 Å². The molecule has 1 aliphatic heterocycles. The zero-order valence-electron chi connectivity index (χ0n) is 19.4. The molecule has 1 saturated heterocycles. The summed E-state index contributed by atoms with van der Waals surface area (Å²) in [6, 6.07) is 8.08. The second-order valence-electron chi connectivity index (χ2n) is 7.86. The van der Waals surface area contributed by atoms with E-state index in [-0.39, 0.29) is 11.9 Å². The van der Waals surface area contributed by atoms with Gasteiger partial charge in [-0.3, -0.25) is 19.4 Å². The van der Waals surface area contributed by atoms with Crippen LogP contribution in [0.4, 0.5) is 0 Å². The summed E-state index contributed by atoms with van der Waals surface area (Å²) in [5.74, 6) is -0.0839. The molecular weight excluding hydrogens is 416 g/mol. The molecule has 8 nitrogen and oxygen atoms in total. The molecular formula is C25H30N6O2. The molecule has 1 aliphatic rings. The average molecular weight is 447 g/mol. The lowest BCUT2D eigenvalue weighted by Gasteiger charge is -2.22. The Balaban J connectivity index is 0.00000126. The van der Waals surface area contributed by atoms with Crippen LogP contribution in [0.15, 0.2) is 55.2 Å². The van der Waals surface area contributed by atoms with Gasteiger partial charge < -0.3 is 14.6 Å². The first-order chi connectivity index (χ1) is 16.2. The molecule has 8 heteroatoms. The lowest BCUT2D eigenvalue weighted by molar-refractivity contribution is 0.0697. The van der Waals surface area contributed by atoms with Gasteiger partial charge in [-0.15, -0.1) is 0 Å². The highest BCUT2D eigenvalue weighted by Gasteiger charge is 2.21. The molecule has 1 N–H and O–H groups in total. The summed E-state index contributed by atoms with van der Waals surface area (Å²) in [5.41, 5.74) is 5.15. The molecule has 5 rings (SSSR count). The molecule has 4 aromatic rings. The highest BCUT2D eigenvalue weighted by molar-refractivity contribution is 6.05. The van der Waals surface area contributed by atoms with Gasteiger partial charge in [0.1, 0.15) is 5.52 Å². The second kappa shape index (κ2) is 10.4. The minimum atomic E-state index is -0.0839. The molecule has 0 atom stereocenters. The van der Waals surface area contributed by atoms with Crippen LogP contribution < -0.4 is 5.32 Å². The number of amides is 1. The van der Waals surface area contributed by atoms with E-state index in [1.807, 2.05) is 57.7 Å². The van der Waals surface area contributed by atoms with Gasteiger partial charge in [0.25, 0.3) is 5.91 Å². The Bertz CT molecular complexity index is 1210. The highest BCUT2D eigenvalue weighted by atomic mass is 16.5. The number of pyridine rings is 2. The number of hydrogen-bond acceptors (Lipinski definition) is 5. The second-order valence-corrected chi connectivity index (χ2v) is 7.86. The van der Waals surface area contributed by atoms with E-state index in [9.17, 15) is 4.79 Å². The molecule has 4 aromatic heterocycles. The summed E-state index contributed by atoms with van der Waals surface area (Å²) in [6.45, 7) is 5.98. The van der Waals surface area contributed by atoms with Crippen LogP contribution >= 0.6 is 0 Å². The fourth-order valence-corrected chi connectivity index (χ4v) is 3.96. The van der Waals surface area contributed by atoms with Gasteiger partial charge in [-0.25, -0.2) is 0 Å². The van der Waals surface area contributed by atoms with Crippen molar-refractivity contribution in [2.75, 3.05) is 13.2 Å². The molecule has 0 unspecified atom stereocenters. The minimum Gasteiger partial charge on any atom is -0.381 e. The number of aromatic nitrogens is 5. The third kappa shape index (κ3) is 5.12. The van der Waals surface area contributed by atoms with E-state index in [4.69, 9.17) is 4.74 Å². The summed E-state index contributed by atoms with van der Waals surface area (Å²) >= 11 is 0. The minimum absolute atomic E-state index is 0.0839. The van der Waals surface area contributed by atoms with Crippen LogP contribution in [-0.4, -0.2) is 49.5 Å². The zero-order chi connectivity index (χ0) is 23.2. The number of ether oxygens (including phenoxy) is 1. The van der Waals surface area contributed by atoms with Gasteiger partial charge in [0.05, 0.1) is 23.0 Å². The number of hydrogen-bond donors (Lipinski definition) is 1. The summed E-state index contributed by atoms with van der Waals surface area (Å²) in [7, 11) is 1.89. The van der Waals surface area contributed by atoms with Crippen molar-refractivity contribution >= 4 is 16.9 Å². The number of carbonyl (C=O) groups excluding carboxylic acids is 1. The van der Waals surface area contributed by atoms with E-state index < -0.39 is 0 Å². The van der Waals surface area contributed by atoms with E-state index >= 15 is 0 Å². The summed E-state index contributed by atoms with van der Waals surface area (Å²) < 4.78 is 9.21. The Morgan fingerprint density at radius 3 is 2.64 bits per heavy atom. The largest absolute Gasteiger partial charge is 0.381 e. The van der Waals surface area contributed by atoms with Crippen LogP contribution in [0.2, 0.25) is 0 Å². The van der Waals surface area contributed by atoms with Crippen molar-refractivity contribution in [3.8, 4) is 11.3 Å². The predicted molar refractivity (Wildman–Crippen MR) is 128 cm³/mol. The maximum Gasteiger partial charge on any atom is 0.255 e. The standard InChI is InChI=1S/C23H24N6O2.C2H6/c1-28-14-17(12-26-28)20-5-4-16(11-25-20)13-29-15-19(22-21(29)3-2-8-24-22)23(30)27-18-6-9-31-10-7-18;1-2/h2-5,8,11-12,14-15,18H,6-7,9-10,13H2,1H3,(H,27,30);1-2H3. The van der Waals surface area contributed by atoms with Crippen molar-refractivity contribution in [3.63, 3.8) is 0 Å². The van der Waals surface area contributed by atoms with E-state index in [0.29, 0.717) is 30.8 Å². The Labute approximate surface area is 193 Å². The number of carbonyl (C=O) groups is 1. The maximum atomic E-state index is 13.0. The van der Waals surface area contributed by atoms with Crippen molar-refractivity contribution in [1.29, 1.82) is 0 Å². The maximum absolute atomic E-state index is 13.0. The first-order valence-electron chi connectivity index (χ1n) is 11.4. The van der Waals surface area contributed by atoms with Crippen molar-refractivity contribution in [1.82, 2.24) is 29.6 Å². The third-order valence-corrected chi connectivity index (χ3v) is 5.62. The van der Waals surface area contributed by atoms with Gasteiger partial charge in [0, 0.05) is 63.2 Å². The van der Waals surface area contributed by atoms with Gasteiger partial charge in [-0.2, -0.15) is 5.10 Å². The molecule has 5 heterocycles. The van der Waals surface area contributed by atoms with Gasteiger partial charge in [0.15, 0.2) is 0 Å². The first kappa shape index (κ1) is 22.7. The number of nitrogens with one attached hydrogen (secondary N) is 1. The Morgan fingerprint density at radius 2 is 1.94 bits per heavy atom. The number of rotatable bonds is 5. The molecule has 1 amide bonds. The molecule has 0 aromatic carbocycles. The van der Waals surface area contributed by atoms with Gasteiger partial charge in [-0.05, 0) is 36.6 Å². The highest BCUT2D eigenvalue weighted by Crippen LogP contribution is 2.22. The van der Waals surface area contributed by atoms with Crippen LogP contribution in [0.25, 0.3) is 22.3 Å².